The highest BCUT2D eigenvalue weighted by Gasteiger charge is 2.22. The number of benzene rings is 1. The second-order valence-corrected chi connectivity index (χ2v) is 4.62. The molecule has 0 saturated heterocycles. The lowest BCUT2D eigenvalue weighted by Gasteiger charge is -2.16. The molecule has 2 rings (SSSR count). The molecule has 1 atom stereocenters. The Hall–Kier alpha value is -1.28. The van der Waals surface area contributed by atoms with Gasteiger partial charge in [-0.3, -0.25) is 4.79 Å². The number of fused-ring (bicyclic) bond motifs is 1. The number of hydrogen-bond acceptors (Lipinski definition) is 2. The third-order valence-electron chi connectivity index (χ3n) is 2.75. The van der Waals surface area contributed by atoms with Crippen molar-refractivity contribution in [2.24, 2.45) is 5.92 Å². The maximum absolute atomic E-state index is 11.4. The second kappa shape index (κ2) is 4.30. The summed E-state index contributed by atoms with van der Waals surface area (Å²) in [4.78, 5) is 11.4. The molecule has 0 radical (unpaired) electrons. The van der Waals surface area contributed by atoms with E-state index in [1.165, 1.54) is 0 Å². The molecule has 0 fully saturated rings. The summed E-state index contributed by atoms with van der Waals surface area (Å²) < 4.78 is 5.26. The second-order valence-electron chi connectivity index (χ2n) is 4.24. The van der Waals surface area contributed by atoms with Gasteiger partial charge in [0.1, 0.15) is 5.58 Å². The zero-order valence-electron chi connectivity index (χ0n) is 9.24. The van der Waals surface area contributed by atoms with Gasteiger partial charge in [0.05, 0.1) is 12.2 Å². The predicted octanol–water partition coefficient (Wildman–Crippen LogP) is 3.94. The molecule has 1 aromatic carbocycles. The highest BCUT2D eigenvalue weighted by atomic mass is 35.5. The van der Waals surface area contributed by atoms with Gasteiger partial charge in [0.2, 0.25) is 5.24 Å². The van der Waals surface area contributed by atoms with Crippen molar-refractivity contribution in [3.63, 3.8) is 0 Å². The fourth-order valence-corrected chi connectivity index (χ4v) is 2.33. The van der Waals surface area contributed by atoms with E-state index in [0.29, 0.717) is 0 Å². The zero-order chi connectivity index (χ0) is 11.7. The van der Waals surface area contributed by atoms with E-state index in [1.54, 1.807) is 6.26 Å². The molecule has 0 aliphatic rings. The molecule has 0 amide bonds. The van der Waals surface area contributed by atoms with Gasteiger partial charge in [-0.1, -0.05) is 19.9 Å². The summed E-state index contributed by atoms with van der Waals surface area (Å²) in [6.07, 6.45) is 1.64. The smallest absolute Gasteiger partial charge is 0.229 e. The summed E-state index contributed by atoms with van der Waals surface area (Å²) in [5, 5.41) is 0.693. The Bertz CT molecular complexity index is 513. The van der Waals surface area contributed by atoms with Crippen LogP contribution in [-0.2, 0) is 4.79 Å². The molecule has 16 heavy (non-hydrogen) atoms. The third-order valence-corrected chi connectivity index (χ3v) is 2.98. The SMILES string of the molecule is CC(C)C(C(=O)Cl)c1ccc2occc2c1. The number of hydrogen-bond donors (Lipinski definition) is 0. The van der Waals surface area contributed by atoms with Crippen LogP contribution in [0.1, 0.15) is 25.3 Å². The van der Waals surface area contributed by atoms with E-state index in [2.05, 4.69) is 0 Å². The minimum atomic E-state index is -0.308. The molecule has 84 valence electrons. The highest BCUT2D eigenvalue weighted by molar-refractivity contribution is 6.64. The summed E-state index contributed by atoms with van der Waals surface area (Å²) in [7, 11) is 0. The molecule has 0 spiro atoms. The molecule has 2 aromatic rings. The molecule has 0 bridgehead atoms. The summed E-state index contributed by atoms with van der Waals surface area (Å²) in [6, 6.07) is 7.62. The van der Waals surface area contributed by atoms with Crippen LogP contribution in [0.4, 0.5) is 0 Å². The van der Waals surface area contributed by atoms with Crippen LogP contribution in [0.15, 0.2) is 34.9 Å². The lowest BCUT2D eigenvalue weighted by Crippen LogP contribution is -2.13. The van der Waals surface area contributed by atoms with Crippen LogP contribution >= 0.6 is 11.6 Å². The maximum Gasteiger partial charge on any atom is 0.229 e. The van der Waals surface area contributed by atoms with E-state index in [-0.39, 0.29) is 17.1 Å². The molecule has 3 heteroatoms. The Kier molecular flexibility index (Phi) is 3.01. The van der Waals surface area contributed by atoms with Gasteiger partial charge in [-0.25, -0.2) is 0 Å². The molecular formula is C13H13ClO2. The Morgan fingerprint density at radius 1 is 1.31 bits per heavy atom. The van der Waals surface area contributed by atoms with E-state index < -0.39 is 0 Å². The number of halogens is 1. The van der Waals surface area contributed by atoms with Crippen LogP contribution in [0.5, 0.6) is 0 Å². The predicted molar refractivity (Wildman–Crippen MR) is 64.7 cm³/mol. The molecular weight excluding hydrogens is 224 g/mol. The Morgan fingerprint density at radius 3 is 2.69 bits per heavy atom. The lowest BCUT2D eigenvalue weighted by atomic mass is 9.89. The van der Waals surface area contributed by atoms with Gasteiger partial charge in [0.15, 0.2) is 0 Å². The van der Waals surface area contributed by atoms with E-state index in [0.717, 1.165) is 16.5 Å². The van der Waals surface area contributed by atoms with Gasteiger partial charge in [-0.2, -0.15) is 0 Å². The fraction of sp³-hybridized carbons (Fsp3) is 0.308. The summed E-state index contributed by atoms with van der Waals surface area (Å²) in [5.41, 5.74) is 1.78. The molecule has 2 nitrogen and oxygen atoms in total. The lowest BCUT2D eigenvalue weighted by molar-refractivity contribution is -0.113. The molecule has 0 aliphatic heterocycles. The van der Waals surface area contributed by atoms with Crippen LogP contribution in [-0.4, -0.2) is 5.24 Å². The Balaban J connectivity index is 2.48. The highest BCUT2D eigenvalue weighted by Crippen LogP contribution is 2.29. The monoisotopic (exact) mass is 236 g/mol. The van der Waals surface area contributed by atoms with Crippen molar-refractivity contribution in [2.75, 3.05) is 0 Å². The quantitative estimate of drug-likeness (QED) is 0.756. The van der Waals surface area contributed by atoms with E-state index >= 15 is 0 Å². The van der Waals surface area contributed by atoms with Crippen molar-refractivity contribution in [1.82, 2.24) is 0 Å². The average molecular weight is 237 g/mol. The van der Waals surface area contributed by atoms with Crippen LogP contribution in [0, 0.1) is 5.92 Å². The molecule has 1 heterocycles. The summed E-state index contributed by atoms with van der Waals surface area (Å²) >= 11 is 5.64. The average Bonchev–Trinajstić information content (AvgIpc) is 2.63. The van der Waals surface area contributed by atoms with E-state index in [4.69, 9.17) is 16.0 Å². The van der Waals surface area contributed by atoms with E-state index in [9.17, 15) is 4.79 Å². The van der Waals surface area contributed by atoms with Crippen molar-refractivity contribution in [1.29, 1.82) is 0 Å². The van der Waals surface area contributed by atoms with E-state index in [1.807, 2.05) is 38.1 Å². The number of rotatable bonds is 3. The fourth-order valence-electron chi connectivity index (χ4n) is 1.96. The summed E-state index contributed by atoms with van der Waals surface area (Å²) in [6.45, 7) is 3.98. The van der Waals surface area contributed by atoms with Crippen molar-refractivity contribution in [2.45, 2.75) is 19.8 Å². The summed E-state index contributed by atoms with van der Waals surface area (Å²) in [5.74, 6) is -0.0599. The standard InChI is InChI=1S/C13H13ClO2/c1-8(2)12(13(14)15)10-3-4-11-9(7-10)5-6-16-11/h3-8,12H,1-2H3. The molecule has 1 unspecified atom stereocenters. The van der Waals surface area contributed by atoms with Crippen molar-refractivity contribution < 1.29 is 9.21 Å². The molecule has 0 saturated carbocycles. The third kappa shape index (κ3) is 1.98. The minimum absolute atomic E-state index is 0.189. The normalized spacial score (nSPS) is 13.2. The van der Waals surface area contributed by atoms with Crippen molar-refractivity contribution in [3.8, 4) is 0 Å². The van der Waals surface area contributed by atoms with Gasteiger partial charge in [0.25, 0.3) is 0 Å². The Morgan fingerprint density at radius 2 is 2.06 bits per heavy atom. The number of furan rings is 1. The van der Waals surface area contributed by atoms with Crippen LogP contribution < -0.4 is 0 Å². The van der Waals surface area contributed by atoms with Crippen molar-refractivity contribution >= 4 is 27.8 Å². The first-order valence-electron chi connectivity index (χ1n) is 5.26. The first-order chi connectivity index (χ1) is 7.59. The molecule has 1 aromatic heterocycles. The molecule has 0 aliphatic carbocycles. The van der Waals surface area contributed by atoms with Crippen LogP contribution in [0.25, 0.3) is 11.0 Å². The van der Waals surface area contributed by atoms with Gasteiger partial charge in [0, 0.05) is 5.39 Å². The van der Waals surface area contributed by atoms with Gasteiger partial charge in [-0.05, 0) is 41.3 Å². The van der Waals surface area contributed by atoms with Gasteiger partial charge >= 0.3 is 0 Å². The first-order valence-corrected chi connectivity index (χ1v) is 5.64. The van der Waals surface area contributed by atoms with Gasteiger partial charge < -0.3 is 4.42 Å². The van der Waals surface area contributed by atoms with Crippen LogP contribution in [0.3, 0.4) is 0 Å². The van der Waals surface area contributed by atoms with Crippen LogP contribution in [0.2, 0.25) is 0 Å². The number of carbonyl (C=O) groups excluding carboxylic acids is 1. The topological polar surface area (TPSA) is 30.2 Å². The van der Waals surface area contributed by atoms with Gasteiger partial charge in [-0.15, -0.1) is 0 Å². The first kappa shape index (κ1) is 11.2. The minimum Gasteiger partial charge on any atom is -0.464 e. The largest absolute Gasteiger partial charge is 0.464 e. The zero-order valence-corrected chi connectivity index (χ0v) is 9.99. The maximum atomic E-state index is 11.4. The molecule has 0 N–H and O–H groups in total. The Labute approximate surface area is 99.2 Å². The van der Waals surface area contributed by atoms with Crippen molar-refractivity contribution in [3.05, 3.63) is 36.1 Å². The number of carbonyl (C=O) groups is 1.